The molecule has 2 aromatic heterocycles. The summed E-state index contributed by atoms with van der Waals surface area (Å²) in [7, 11) is -3.35. The fraction of sp³-hybridized carbons (Fsp3) is 0.286. The second-order valence-electron chi connectivity index (χ2n) is 7.42. The van der Waals surface area contributed by atoms with E-state index in [1.54, 1.807) is 36.5 Å². The number of hydrogen-bond donors (Lipinski definition) is 2. The molecule has 1 amide bonds. The molecular formula is C21H23N5O4S. The van der Waals surface area contributed by atoms with Crippen molar-refractivity contribution < 1.29 is 17.9 Å². The van der Waals surface area contributed by atoms with Gasteiger partial charge in [0.1, 0.15) is 5.82 Å². The van der Waals surface area contributed by atoms with Crippen molar-refractivity contribution in [2.45, 2.75) is 24.3 Å². The lowest BCUT2D eigenvalue weighted by Crippen LogP contribution is -2.09. The third kappa shape index (κ3) is 4.92. The highest BCUT2D eigenvalue weighted by Gasteiger charge is 2.20. The quantitative estimate of drug-likeness (QED) is 0.604. The molecule has 31 heavy (non-hydrogen) atoms. The van der Waals surface area contributed by atoms with Gasteiger partial charge in [0.15, 0.2) is 9.84 Å². The minimum absolute atomic E-state index is 0.197. The second kappa shape index (κ2) is 8.48. The molecule has 0 radical (unpaired) electrons. The molecule has 1 fully saturated rings. The largest absolute Gasteiger partial charge is 0.379 e. The van der Waals surface area contributed by atoms with Gasteiger partial charge < -0.3 is 15.4 Å². The highest BCUT2D eigenvalue weighted by atomic mass is 32.2. The molecule has 1 aromatic carbocycles. The van der Waals surface area contributed by atoms with E-state index >= 15 is 0 Å². The summed E-state index contributed by atoms with van der Waals surface area (Å²) in [5.41, 5.74) is 2.65. The number of sulfone groups is 1. The van der Waals surface area contributed by atoms with Crippen LogP contribution >= 0.6 is 0 Å². The summed E-state index contributed by atoms with van der Waals surface area (Å²) in [4.78, 5) is 16.0. The lowest BCUT2D eigenvalue weighted by molar-refractivity contribution is -0.114. The number of hydrogen-bond acceptors (Lipinski definition) is 7. The number of anilines is 3. The summed E-state index contributed by atoms with van der Waals surface area (Å²) < 4.78 is 31.2. The van der Waals surface area contributed by atoms with Crippen LogP contribution in [0.3, 0.4) is 0 Å². The number of amides is 1. The maximum atomic E-state index is 11.9. The van der Waals surface area contributed by atoms with Crippen molar-refractivity contribution in [1.29, 1.82) is 0 Å². The zero-order chi connectivity index (χ0) is 22.0. The van der Waals surface area contributed by atoms with Crippen LogP contribution in [0.5, 0.6) is 0 Å². The first-order valence-corrected chi connectivity index (χ1v) is 11.7. The Morgan fingerprint density at radius 3 is 2.81 bits per heavy atom. The lowest BCUT2D eigenvalue weighted by Gasteiger charge is -2.14. The first-order chi connectivity index (χ1) is 14.8. The maximum absolute atomic E-state index is 11.9. The number of nitrogens with one attached hydrogen (secondary N) is 2. The SMILES string of the molecule is CC(=O)Nc1cc(Nc2cccc(S(C)(=O)=O)c2)c(-c2ccn(C3CCOC3)n2)cn1. The Morgan fingerprint density at radius 2 is 2.10 bits per heavy atom. The highest BCUT2D eigenvalue weighted by Crippen LogP contribution is 2.32. The standard InChI is InChI=1S/C21H23N5O4S/c1-14(27)23-21-11-20(24-15-4-3-5-17(10-15)31(2,28)29)18(12-22-21)19-6-8-26(25-19)16-7-9-30-13-16/h3-6,8,10-12,16H,7,9,13H2,1-2H3,(H2,22,23,24,27). The molecule has 2 N–H and O–H groups in total. The van der Waals surface area contributed by atoms with Crippen LogP contribution < -0.4 is 10.6 Å². The number of ether oxygens (including phenoxy) is 1. The molecule has 1 aliphatic rings. The van der Waals surface area contributed by atoms with E-state index in [9.17, 15) is 13.2 Å². The van der Waals surface area contributed by atoms with Crippen molar-refractivity contribution >= 4 is 32.9 Å². The van der Waals surface area contributed by atoms with Crippen LogP contribution in [0, 0.1) is 0 Å². The first kappa shape index (κ1) is 21.0. The molecule has 0 bridgehead atoms. The van der Waals surface area contributed by atoms with E-state index in [0.29, 0.717) is 29.5 Å². The first-order valence-electron chi connectivity index (χ1n) is 9.77. The zero-order valence-corrected chi connectivity index (χ0v) is 18.0. The summed E-state index contributed by atoms with van der Waals surface area (Å²) in [6.45, 7) is 2.75. The third-order valence-electron chi connectivity index (χ3n) is 4.91. The van der Waals surface area contributed by atoms with Gasteiger partial charge in [-0.2, -0.15) is 5.10 Å². The van der Waals surface area contributed by atoms with Gasteiger partial charge in [-0.3, -0.25) is 9.48 Å². The van der Waals surface area contributed by atoms with Crippen LogP contribution in [-0.2, 0) is 19.4 Å². The summed E-state index contributed by atoms with van der Waals surface area (Å²) in [5.74, 6) is 0.137. The van der Waals surface area contributed by atoms with Crippen molar-refractivity contribution in [3.05, 3.63) is 48.8 Å². The second-order valence-corrected chi connectivity index (χ2v) is 9.44. The molecule has 1 unspecified atom stereocenters. The number of aromatic nitrogens is 3. The number of nitrogens with zero attached hydrogens (tertiary/aromatic N) is 3. The normalized spacial score (nSPS) is 16.3. The maximum Gasteiger partial charge on any atom is 0.222 e. The van der Waals surface area contributed by atoms with Gasteiger partial charge in [-0.15, -0.1) is 0 Å². The summed E-state index contributed by atoms with van der Waals surface area (Å²) in [6, 6.07) is 10.3. The number of benzene rings is 1. The number of carbonyl (C=O) groups excluding carboxylic acids is 1. The predicted molar refractivity (Wildman–Crippen MR) is 117 cm³/mol. The molecule has 162 valence electrons. The fourth-order valence-electron chi connectivity index (χ4n) is 3.39. The van der Waals surface area contributed by atoms with Crippen LogP contribution in [0.2, 0.25) is 0 Å². The number of carbonyl (C=O) groups is 1. The van der Waals surface area contributed by atoms with Crippen LogP contribution in [0.15, 0.2) is 53.7 Å². The van der Waals surface area contributed by atoms with Gasteiger partial charge >= 0.3 is 0 Å². The van der Waals surface area contributed by atoms with Gasteiger partial charge in [0.05, 0.1) is 28.9 Å². The van der Waals surface area contributed by atoms with Crippen molar-refractivity contribution in [2.24, 2.45) is 0 Å². The number of rotatable bonds is 6. The van der Waals surface area contributed by atoms with Crippen molar-refractivity contribution in [3.63, 3.8) is 0 Å². The van der Waals surface area contributed by atoms with Crippen LogP contribution in [0.25, 0.3) is 11.3 Å². The Labute approximate surface area is 180 Å². The molecular weight excluding hydrogens is 418 g/mol. The lowest BCUT2D eigenvalue weighted by atomic mass is 10.1. The van der Waals surface area contributed by atoms with Gasteiger partial charge in [-0.1, -0.05) is 6.07 Å². The minimum atomic E-state index is -3.35. The smallest absolute Gasteiger partial charge is 0.222 e. The topological polar surface area (TPSA) is 115 Å². The number of pyridine rings is 1. The molecule has 1 aliphatic heterocycles. The van der Waals surface area contributed by atoms with Gasteiger partial charge in [-0.05, 0) is 30.7 Å². The van der Waals surface area contributed by atoms with Crippen molar-refractivity contribution in [3.8, 4) is 11.3 Å². The molecule has 4 rings (SSSR count). The monoisotopic (exact) mass is 441 g/mol. The van der Waals surface area contributed by atoms with Crippen LogP contribution in [-0.4, -0.2) is 48.6 Å². The molecule has 3 heterocycles. The van der Waals surface area contributed by atoms with Crippen molar-refractivity contribution in [2.75, 3.05) is 30.1 Å². The van der Waals surface area contributed by atoms with E-state index in [4.69, 9.17) is 4.74 Å². The Morgan fingerprint density at radius 1 is 1.26 bits per heavy atom. The molecule has 0 saturated carbocycles. The van der Waals surface area contributed by atoms with E-state index in [-0.39, 0.29) is 16.8 Å². The van der Waals surface area contributed by atoms with E-state index in [1.807, 2.05) is 16.9 Å². The van der Waals surface area contributed by atoms with Gasteiger partial charge in [0.2, 0.25) is 5.91 Å². The average Bonchev–Trinajstić information content (AvgIpc) is 3.39. The van der Waals surface area contributed by atoms with Crippen LogP contribution in [0.4, 0.5) is 17.2 Å². The summed E-state index contributed by atoms with van der Waals surface area (Å²) in [6.07, 6.45) is 5.61. The Balaban J connectivity index is 1.71. The molecule has 3 aromatic rings. The third-order valence-corrected chi connectivity index (χ3v) is 6.02. The predicted octanol–water partition coefficient (Wildman–Crippen LogP) is 3.01. The molecule has 10 heteroatoms. The van der Waals surface area contributed by atoms with Crippen LogP contribution in [0.1, 0.15) is 19.4 Å². The van der Waals surface area contributed by atoms with E-state index in [0.717, 1.165) is 24.8 Å². The van der Waals surface area contributed by atoms with E-state index in [2.05, 4.69) is 20.7 Å². The molecule has 1 saturated heterocycles. The van der Waals surface area contributed by atoms with Crippen molar-refractivity contribution in [1.82, 2.24) is 14.8 Å². The molecule has 1 atom stereocenters. The van der Waals surface area contributed by atoms with Gasteiger partial charge in [0, 0.05) is 49.5 Å². The Kier molecular flexibility index (Phi) is 5.75. The average molecular weight is 442 g/mol. The Bertz CT molecular complexity index is 1220. The zero-order valence-electron chi connectivity index (χ0n) is 17.2. The van der Waals surface area contributed by atoms with Gasteiger partial charge in [0.25, 0.3) is 0 Å². The molecule has 0 spiro atoms. The summed E-state index contributed by atoms with van der Waals surface area (Å²) >= 11 is 0. The summed E-state index contributed by atoms with van der Waals surface area (Å²) in [5, 5.41) is 10.6. The van der Waals surface area contributed by atoms with E-state index in [1.165, 1.54) is 6.92 Å². The minimum Gasteiger partial charge on any atom is -0.379 e. The molecule has 0 aliphatic carbocycles. The highest BCUT2D eigenvalue weighted by molar-refractivity contribution is 7.90. The van der Waals surface area contributed by atoms with E-state index < -0.39 is 9.84 Å². The van der Waals surface area contributed by atoms with Gasteiger partial charge in [-0.25, -0.2) is 13.4 Å². The Hall–Kier alpha value is -3.24. The molecule has 9 nitrogen and oxygen atoms in total. The fourth-order valence-corrected chi connectivity index (χ4v) is 4.05.